The van der Waals surface area contributed by atoms with E-state index in [1.165, 1.54) is 22.4 Å². The lowest BCUT2D eigenvalue weighted by molar-refractivity contribution is 1.14. The molecule has 0 aliphatic heterocycles. The van der Waals surface area contributed by atoms with E-state index in [2.05, 4.69) is 66.9 Å². The molecule has 0 bridgehead atoms. The first kappa shape index (κ1) is 12.5. The number of aryl methyl sites for hydroxylation is 2. The number of nitrogens with one attached hydrogen (secondary N) is 2. The molecular formula is C16H20N2. The molecule has 0 radical (unpaired) electrons. The van der Waals surface area contributed by atoms with Gasteiger partial charge in [-0.05, 0) is 54.8 Å². The van der Waals surface area contributed by atoms with Crippen LogP contribution in [0, 0.1) is 13.8 Å². The standard InChI is InChI=1S/C16H20N2/c1-12-4-7-16(10-13(12)2)18-11-14-5-8-15(17-3)9-6-14/h4-10,17-18H,11H2,1-3H3. The summed E-state index contributed by atoms with van der Waals surface area (Å²) in [5.74, 6) is 0. The number of hydrogen-bond donors (Lipinski definition) is 2. The van der Waals surface area contributed by atoms with Crippen molar-refractivity contribution in [3.05, 3.63) is 59.2 Å². The monoisotopic (exact) mass is 240 g/mol. The second kappa shape index (κ2) is 5.58. The summed E-state index contributed by atoms with van der Waals surface area (Å²) in [6, 6.07) is 14.9. The largest absolute Gasteiger partial charge is 0.388 e. The first-order valence-electron chi connectivity index (χ1n) is 6.27. The molecule has 0 atom stereocenters. The lowest BCUT2D eigenvalue weighted by Crippen LogP contribution is -2.00. The fourth-order valence-corrected chi connectivity index (χ4v) is 1.84. The number of rotatable bonds is 4. The Hall–Kier alpha value is -1.96. The minimum absolute atomic E-state index is 0.854. The zero-order valence-electron chi connectivity index (χ0n) is 11.2. The second-order valence-corrected chi connectivity index (χ2v) is 4.60. The van der Waals surface area contributed by atoms with Crippen molar-refractivity contribution >= 4 is 11.4 Å². The molecule has 2 heteroatoms. The summed E-state index contributed by atoms with van der Waals surface area (Å²) in [7, 11) is 1.93. The highest BCUT2D eigenvalue weighted by Crippen LogP contribution is 2.16. The van der Waals surface area contributed by atoms with Gasteiger partial charge in [-0.25, -0.2) is 0 Å². The van der Waals surface area contributed by atoms with Crippen molar-refractivity contribution in [1.29, 1.82) is 0 Å². The third-order valence-electron chi connectivity index (χ3n) is 3.25. The van der Waals surface area contributed by atoms with E-state index in [0.29, 0.717) is 0 Å². The van der Waals surface area contributed by atoms with Gasteiger partial charge < -0.3 is 10.6 Å². The molecule has 0 saturated carbocycles. The van der Waals surface area contributed by atoms with Gasteiger partial charge >= 0.3 is 0 Å². The highest BCUT2D eigenvalue weighted by Gasteiger charge is 1.97. The van der Waals surface area contributed by atoms with E-state index in [4.69, 9.17) is 0 Å². The summed E-state index contributed by atoms with van der Waals surface area (Å²) in [5, 5.41) is 6.57. The van der Waals surface area contributed by atoms with E-state index in [9.17, 15) is 0 Å². The molecule has 2 aromatic carbocycles. The SMILES string of the molecule is CNc1ccc(CNc2ccc(C)c(C)c2)cc1. The van der Waals surface area contributed by atoms with Gasteiger partial charge in [0.05, 0.1) is 0 Å². The number of anilines is 2. The molecule has 0 unspecified atom stereocenters. The smallest absolute Gasteiger partial charge is 0.0400 e. The molecule has 2 rings (SSSR count). The molecule has 0 aliphatic carbocycles. The Kier molecular flexibility index (Phi) is 3.88. The van der Waals surface area contributed by atoms with Crippen molar-refractivity contribution in [2.45, 2.75) is 20.4 Å². The van der Waals surface area contributed by atoms with E-state index in [1.54, 1.807) is 0 Å². The van der Waals surface area contributed by atoms with Crippen LogP contribution in [0.3, 0.4) is 0 Å². The van der Waals surface area contributed by atoms with Crippen LogP contribution in [0.2, 0.25) is 0 Å². The molecule has 94 valence electrons. The van der Waals surface area contributed by atoms with Crippen molar-refractivity contribution in [2.24, 2.45) is 0 Å². The van der Waals surface area contributed by atoms with Crippen LogP contribution in [0.1, 0.15) is 16.7 Å². The van der Waals surface area contributed by atoms with Gasteiger partial charge in [0, 0.05) is 25.0 Å². The van der Waals surface area contributed by atoms with Crippen molar-refractivity contribution in [2.75, 3.05) is 17.7 Å². The Morgan fingerprint density at radius 1 is 0.833 bits per heavy atom. The third kappa shape index (κ3) is 3.04. The summed E-state index contributed by atoms with van der Waals surface area (Å²) in [6.07, 6.45) is 0. The maximum absolute atomic E-state index is 3.45. The third-order valence-corrected chi connectivity index (χ3v) is 3.25. The molecule has 0 amide bonds. The van der Waals surface area contributed by atoms with Gasteiger partial charge in [-0.2, -0.15) is 0 Å². The van der Waals surface area contributed by atoms with Gasteiger partial charge in [0.2, 0.25) is 0 Å². The van der Waals surface area contributed by atoms with Crippen LogP contribution in [0.4, 0.5) is 11.4 Å². The van der Waals surface area contributed by atoms with Crippen molar-refractivity contribution in [1.82, 2.24) is 0 Å². The zero-order valence-corrected chi connectivity index (χ0v) is 11.2. The molecular weight excluding hydrogens is 220 g/mol. The molecule has 2 nitrogen and oxygen atoms in total. The lowest BCUT2D eigenvalue weighted by atomic mass is 10.1. The van der Waals surface area contributed by atoms with Crippen LogP contribution < -0.4 is 10.6 Å². The van der Waals surface area contributed by atoms with Crippen LogP contribution in [-0.2, 0) is 6.54 Å². The van der Waals surface area contributed by atoms with Crippen molar-refractivity contribution < 1.29 is 0 Å². The average Bonchev–Trinajstić information content (AvgIpc) is 2.41. The minimum Gasteiger partial charge on any atom is -0.388 e. The van der Waals surface area contributed by atoms with Crippen LogP contribution in [0.25, 0.3) is 0 Å². The van der Waals surface area contributed by atoms with Crippen LogP contribution in [0.15, 0.2) is 42.5 Å². The van der Waals surface area contributed by atoms with E-state index in [0.717, 1.165) is 12.2 Å². The Bertz CT molecular complexity index is 515. The van der Waals surface area contributed by atoms with Crippen LogP contribution in [0.5, 0.6) is 0 Å². The second-order valence-electron chi connectivity index (χ2n) is 4.60. The average molecular weight is 240 g/mol. The predicted octanol–water partition coefficient (Wildman–Crippen LogP) is 3.96. The predicted molar refractivity (Wildman–Crippen MR) is 79.2 cm³/mol. The fourth-order valence-electron chi connectivity index (χ4n) is 1.84. The van der Waals surface area contributed by atoms with E-state index < -0.39 is 0 Å². The topological polar surface area (TPSA) is 24.1 Å². The van der Waals surface area contributed by atoms with Gasteiger partial charge in [0.25, 0.3) is 0 Å². The molecule has 0 aliphatic rings. The Labute approximate surface area is 109 Å². The van der Waals surface area contributed by atoms with Crippen LogP contribution in [-0.4, -0.2) is 7.05 Å². The van der Waals surface area contributed by atoms with Gasteiger partial charge in [0.15, 0.2) is 0 Å². The Morgan fingerprint density at radius 3 is 2.11 bits per heavy atom. The zero-order chi connectivity index (χ0) is 13.0. The minimum atomic E-state index is 0.854. The molecule has 2 aromatic rings. The fraction of sp³-hybridized carbons (Fsp3) is 0.250. The Morgan fingerprint density at radius 2 is 1.50 bits per heavy atom. The molecule has 0 saturated heterocycles. The van der Waals surface area contributed by atoms with E-state index in [-0.39, 0.29) is 0 Å². The first-order valence-corrected chi connectivity index (χ1v) is 6.27. The van der Waals surface area contributed by atoms with Gasteiger partial charge in [-0.3, -0.25) is 0 Å². The summed E-state index contributed by atoms with van der Waals surface area (Å²) in [4.78, 5) is 0. The summed E-state index contributed by atoms with van der Waals surface area (Å²) in [6.45, 7) is 5.13. The maximum atomic E-state index is 3.45. The highest BCUT2D eigenvalue weighted by molar-refractivity contribution is 5.49. The molecule has 0 aromatic heterocycles. The van der Waals surface area contributed by atoms with Gasteiger partial charge in [-0.15, -0.1) is 0 Å². The van der Waals surface area contributed by atoms with E-state index in [1.807, 2.05) is 7.05 Å². The van der Waals surface area contributed by atoms with Crippen molar-refractivity contribution in [3.8, 4) is 0 Å². The summed E-state index contributed by atoms with van der Waals surface area (Å²) >= 11 is 0. The number of hydrogen-bond acceptors (Lipinski definition) is 2. The quantitative estimate of drug-likeness (QED) is 0.845. The highest BCUT2D eigenvalue weighted by atomic mass is 14.9. The van der Waals surface area contributed by atoms with Gasteiger partial charge in [0.1, 0.15) is 0 Å². The first-order chi connectivity index (χ1) is 8.69. The summed E-state index contributed by atoms with van der Waals surface area (Å²) in [5.41, 5.74) is 6.26. The molecule has 2 N–H and O–H groups in total. The van der Waals surface area contributed by atoms with E-state index >= 15 is 0 Å². The number of benzene rings is 2. The molecule has 0 fully saturated rings. The normalized spacial score (nSPS) is 10.2. The molecule has 0 heterocycles. The van der Waals surface area contributed by atoms with Gasteiger partial charge in [-0.1, -0.05) is 18.2 Å². The van der Waals surface area contributed by atoms with Crippen LogP contribution >= 0.6 is 0 Å². The molecule has 0 spiro atoms. The maximum Gasteiger partial charge on any atom is 0.0400 e. The molecule has 18 heavy (non-hydrogen) atoms. The van der Waals surface area contributed by atoms with Crippen molar-refractivity contribution in [3.63, 3.8) is 0 Å². The summed E-state index contributed by atoms with van der Waals surface area (Å²) < 4.78 is 0. The lowest BCUT2D eigenvalue weighted by Gasteiger charge is -2.09. The Balaban J connectivity index is 1.99.